The van der Waals surface area contributed by atoms with E-state index in [0.717, 1.165) is 56.1 Å². The fourth-order valence-corrected chi connectivity index (χ4v) is 9.87. The molecule has 0 bridgehead atoms. The predicted molar refractivity (Wildman–Crippen MR) is 147 cm³/mol. The van der Waals surface area contributed by atoms with Crippen LogP contribution in [0.25, 0.3) is 0 Å². The van der Waals surface area contributed by atoms with Gasteiger partial charge in [-0.25, -0.2) is 8.37 Å². The van der Waals surface area contributed by atoms with Gasteiger partial charge in [-0.15, -0.1) is 0 Å². The maximum atomic E-state index is 11.5. The summed E-state index contributed by atoms with van der Waals surface area (Å²) in [6.07, 6.45) is 7.31. The van der Waals surface area contributed by atoms with Gasteiger partial charge in [0, 0.05) is 0 Å². The maximum absolute atomic E-state index is 11.5. The van der Waals surface area contributed by atoms with Crippen LogP contribution in [-0.4, -0.2) is 49.9 Å². The van der Waals surface area contributed by atoms with Crippen LogP contribution in [-0.2, 0) is 29.2 Å². The second kappa shape index (κ2) is 11.1. The van der Waals surface area contributed by atoms with E-state index >= 15 is 0 Å². The van der Waals surface area contributed by atoms with Crippen LogP contribution in [0.3, 0.4) is 0 Å². The Balaban J connectivity index is 1.56. The van der Waals surface area contributed by atoms with E-state index in [2.05, 4.69) is 40.3 Å². The topological polar surface area (TPSA) is 147 Å². The zero-order valence-corrected chi connectivity index (χ0v) is 25.2. The predicted octanol–water partition coefficient (Wildman–Crippen LogP) is 5.15. The van der Waals surface area contributed by atoms with E-state index in [-0.39, 0.29) is 29.3 Å². The zero-order valence-electron chi connectivity index (χ0n) is 23.6. The summed E-state index contributed by atoms with van der Waals surface area (Å²) in [4.78, 5) is 0. The van der Waals surface area contributed by atoms with Crippen LogP contribution in [0.5, 0.6) is 0 Å². The quantitative estimate of drug-likeness (QED) is 0.232. The summed E-state index contributed by atoms with van der Waals surface area (Å²) in [6, 6.07) is 0. The van der Waals surface area contributed by atoms with Crippen LogP contribution < -0.4 is 0 Å². The maximum Gasteiger partial charge on any atom is 0.397 e. The highest BCUT2D eigenvalue weighted by atomic mass is 32.3. The molecular weight excluding hydrogens is 544 g/mol. The summed E-state index contributed by atoms with van der Waals surface area (Å²) in [5.41, 5.74) is 1.68. The van der Waals surface area contributed by atoms with Crippen molar-refractivity contribution in [3.05, 3.63) is 23.8 Å². The van der Waals surface area contributed by atoms with Crippen molar-refractivity contribution >= 4 is 20.8 Å². The number of allylic oxidation sites excluding steroid dienone is 2. The van der Waals surface area contributed by atoms with Crippen LogP contribution in [0, 0.1) is 46.3 Å². The lowest BCUT2D eigenvalue weighted by atomic mass is 9.46. The van der Waals surface area contributed by atoms with Crippen molar-refractivity contribution in [2.24, 2.45) is 46.3 Å². The summed E-state index contributed by atoms with van der Waals surface area (Å²) in [7, 11) is -9.19. The molecule has 4 aliphatic rings. The van der Waals surface area contributed by atoms with Gasteiger partial charge in [0.25, 0.3) is 0 Å². The van der Waals surface area contributed by atoms with Gasteiger partial charge in [-0.2, -0.15) is 16.8 Å². The van der Waals surface area contributed by atoms with Crippen molar-refractivity contribution in [1.82, 2.24) is 0 Å². The van der Waals surface area contributed by atoms with Crippen LogP contribution in [0.15, 0.2) is 23.8 Å². The number of rotatable bonds is 10. The van der Waals surface area contributed by atoms with Crippen molar-refractivity contribution in [2.75, 3.05) is 6.61 Å². The smallest absolute Gasteiger partial charge is 0.386 e. The highest BCUT2D eigenvalue weighted by molar-refractivity contribution is 7.81. The lowest BCUT2D eigenvalue weighted by Gasteiger charge is -2.59. The molecule has 9 nitrogen and oxygen atoms in total. The van der Waals surface area contributed by atoms with Crippen molar-refractivity contribution in [3.8, 4) is 0 Å². The van der Waals surface area contributed by atoms with Crippen molar-refractivity contribution < 1.29 is 39.4 Å². The minimum Gasteiger partial charge on any atom is -0.386 e. The van der Waals surface area contributed by atoms with Gasteiger partial charge >= 0.3 is 20.8 Å². The SMILES string of the molecule is C=C(CC[C@@H](COS(=O)(=O)O)[C@H]1CC[C@H]2[C@@H]3CC=C4[C@@H](O)[C@H](OS(=O)(=O)O)CC[C@]4(C)[C@H]3CC[C@]12C)C(C)C. The molecule has 0 aromatic heterocycles. The number of aliphatic hydroxyl groups excluding tert-OH is 1. The summed E-state index contributed by atoms with van der Waals surface area (Å²) in [5, 5.41) is 11.0. The number of aliphatic hydroxyl groups is 1. The van der Waals surface area contributed by atoms with Gasteiger partial charge in [-0.05, 0) is 110 Å². The Morgan fingerprint density at radius 3 is 2.36 bits per heavy atom. The first-order valence-electron chi connectivity index (χ1n) is 14.3. The Morgan fingerprint density at radius 2 is 1.74 bits per heavy atom. The van der Waals surface area contributed by atoms with E-state index in [1.165, 1.54) is 0 Å². The largest absolute Gasteiger partial charge is 0.397 e. The Morgan fingerprint density at radius 1 is 1.05 bits per heavy atom. The summed E-state index contributed by atoms with van der Waals surface area (Å²) < 4.78 is 73.8. The molecule has 0 saturated heterocycles. The molecule has 3 saturated carbocycles. The first-order chi connectivity index (χ1) is 18.0. The highest BCUT2D eigenvalue weighted by Gasteiger charge is 2.60. The van der Waals surface area contributed by atoms with E-state index in [0.29, 0.717) is 36.5 Å². The standard InChI is InChI=1S/C28H46O9S2/c1-17(2)18(3)6-7-19(16-36-38(30,31)32)21-10-11-22-20-8-9-24-26(29)25(37-39(33,34)35)13-15-28(24,5)23(20)12-14-27(21,22)4/h9,17,19-23,25-26,29H,3,6-8,10-16H2,1-2,4-5H3,(H,30,31,32)(H,33,34,35)/t19-,20-,21+,22-,23-,25+,26+,27+,28+/m0/s1. The van der Waals surface area contributed by atoms with Gasteiger partial charge in [0.2, 0.25) is 0 Å². The van der Waals surface area contributed by atoms with Crippen molar-refractivity contribution in [1.29, 1.82) is 0 Å². The average molecular weight is 591 g/mol. The van der Waals surface area contributed by atoms with Crippen LogP contribution in [0.2, 0.25) is 0 Å². The van der Waals surface area contributed by atoms with E-state index < -0.39 is 33.0 Å². The molecule has 0 aliphatic heterocycles. The number of hydrogen-bond acceptors (Lipinski definition) is 7. The van der Waals surface area contributed by atoms with E-state index in [4.69, 9.17) is 8.37 Å². The summed E-state index contributed by atoms with van der Waals surface area (Å²) in [6.45, 7) is 12.9. The summed E-state index contributed by atoms with van der Waals surface area (Å²) in [5.74, 6) is 1.75. The Hall–Kier alpha value is -0.820. The molecule has 39 heavy (non-hydrogen) atoms. The van der Waals surface area contributed by atoms with Gasteiger partial charge in [0.15, 0.2) is 0 Å². The van der Waals surface area contributed by atoms with E-state index in [1.807, 2.05) is 0 Å². The van der Waals surface area contributed by atoms with Crippen LogP contribution in [0.1, 0.15) is 85.5 Å². The first-order valence-corrected chi connectivity index (χ1v) is 17.0. The normalized spacial score (nSPS) is 39.4. The fourth-order valence-electron chi connectivity index (χ4n) is 9.01. The number of hydrogen-bond donors (Lipinski definition) is 3. The van der Waals surface area contributed by atoms with Gasteiger partial charge < -0.3 is 5.11 Å². The zero-order chi connectivity index (χ0) is 29.0. The molecule has 0 aromatic rings. The second-order valence-corrected chi connectivity index (χ2v) is 15.4. The molecular formula is C28H46O9S2. The van der Waals surface area contributed by atoms with Gasteiger partial charge in [-0.3, -0.25) is 9.11 Å². The Bertz CT molecular complexity index is 1180. The first kappa shape index (κ1) is 31.1. The Kier molecular flexibility index (Phi) is 8.87. The monoisotopic (exact) mass is 590 g/mol. The third-order valence-electron chi connectivity index (χ3n) is 11.1. The van der Waals surface area contributed by atoms with Crippen LogP contribution in [0.4, 0.5) is 0 Å². The molecule has 4 rings (SSSR count). The molecule has 3 fully saturated rings. The van der Waals surface area contributed by atoms with E-state index in [1.54, 1.807) is 0 Å². The van der Waals surface area contributed by atoms with Gasteiger partial charge in [0.05, 0.1) is 6.61 Å². The van der Waals surface area contributed by atoms with Gasteiger partial charge in [0.1, 0.15) is 12.2 Å². The molecule has 11 heteroatoms. The highest BCUT2D eigenvalue weighted by Crippen LogP contribution is 2.67. The second-order valence-electron chi connectivity index (χ2n) is 13.3. The van der Waals surface area contributed by atoms with Crippen molar-refractivity contribution in [2.45, 2.75) is 97.7 Å². The minimum atomic E-state index is -4.66. The Labute approximate surface area is 234 Å². The third kappa shape index (κ3) is 6.34. The average Bonchev–Trinajstić information content (AvgIpc) is 3.16. The molecule has 0 amide bonds. The van der Waals surface area contributed by atoms with Gasteiger partial charge in [-0.1, -0.05) is 45.9 Å². The fraction of sp³-hybridized carbons (Fsp3) is 0.857. The lowest BCUT2D eigenvalue weighted by molar-refractivity contribution is -0.0787. The molecule has 0 unspecified atom stereocenters. The molecule has 9 atom stereocenters. The third-order valence-corrected chi connectivity index (χ3v) is 12.0. The van der Waals surface area contributed by atoms with E-state index in [9.17, 15) is 31.0 Å². The molecule has 0 spiro atoms. The number of fused-ring (bicyclic) bond motifs is 5. The van der Waals surface area contributed by atoms with Crippen molar-refractivity contribution in [3.63, 3.8) is 0 Å². The minimum absolute atomic E-state index is 0.000819. The molecule has 3 N–H and O–H groups in total. The molecule has 0 radical (unpaired) electrons. The lowest BCUT2D eigenvalue weighted by Crippen LogP contribution is -2.54. The summed E-state index contributed by atoms with van der Waals surface area (Å²) >= 11 is 0. The van der Waals surface area contributed by atoms with Crippen LogP contribution >= 0.6 is 0 Å². The molecule has 4 aliphatic carbocycles. The molecule has 0 aromatic carbocycles. The molecule has 224 valence electrons. The molecule has 0 heterocycles.